The lowest BCUT2D eigenvalue weighted by Crippen LogP contribution is -2.25. The zero-order chi connectivity index (χ0) is 16.4. The molecule has 1 N–H and O–H groups in total. The predicted octanol–water partition coefficient (Wildman–Crippen LogP) is 3.60. The van der Waals surface area contributed by atoms with Crippen LogP contribution in [-0.2, 0) is 17.3 Å². The Kier molecular flexibility index (Phi) is 4.37. The number of ether oxygens (including phenoxy) is 1. The van der Waals surface area contributed by atoms with Crippen LogP contribution in [0, 0.1) is 0 Å². The van der Waals surface area contributed by atoms with E-state index in [0.29, 0.717) is 25.1 Å². The molecule has 3 rings (SSSR count). The number of benzene rings is 1. The van der Waals surface area contributed by atoms with Crippen LogP contribution in [0.3, 0.4) is 0 Å². The van der Waals surface area contributed by atoms with Gasteiger partial charge in [0.05, 0.1) is 12.7 Å². The van der Waals surface area contributed by atoms with E-state index in [1.54, 1.807) is 6.07 Å². The van der Waals surface area contributed by atoms with Gasteiger partial charge in [-0.3, -0.25) is 4.98 Å². The number of hydrogen-bond acceptors (Lipinski definition) is 3. The highest BCUT2D eigenvalue weighted by atomic mass is 19.4. The first-order valence-corrected chi connectivity index (χ1v) is 7.42. The molecule has 3 nitrogen and oxygen atoms in total. The SMILES string of the molecule is CNCC1OCCc2c(-c3ccnc(C(F)(F)F)c3)cccc21. The first kappa shape index (κ1) is 16.0. The number of pyridine rings is 1. The van der Waals surface area contributed by atoms with Gasteiger partial charge < -0.3 is 10.1 Å². The van der Waals surface area contributed by atoms with E-state index in [2.05, 4.69) is 10.3 Å². The third-order valence-electron chi connectivity index (χ3n) is 3.98. The van der Waals surface area contributed by atoms with E-state index in [-0.39, 0.29) is 6.10 Å². The van der Waals surface area contributed by atoms with Crippen LogP contribution in [0.5, 0.6) is 0 Å². The summed E-state index contributed by atoms with van der Waals surface area (Å²) >= 11 is 0. The second kappa shape index (κ2) is 6.29. The van der Waals surface area contributed by atoms with Gasteiger partial charge >= 0.3 is 6.18 Å². The number of alkyl halides is 3. The van der Waals surface area contributed by atoms with Gasteiger partial charge in [-0.05, 0) is 47.9 Å². The average Bonchev–Trinajstić information content (AvgIpc) is 2.54. The van der Waals surface area contributed by atoms with Gasteiger partial charge in [0.1, 0.15) is 5.69 Å². The predicted molar refractivity (Wildman–Crippen MR) is 81.0 cm³/mol. The molecule has 1 aromatic heterocycles. The van der Waals surface area contributed by atoms with Gasteiger partial charge in [0.25, 0.3) is 0 Å². The molecule has 1 aromatic carbocycles. The number of fused-ring (bicyclic) bond motifs is 1. The van der Waals surface area contributed by atoms with E-state index < -0.39 is 11.9 Å². The monoisotopic (exact) mass is 322 g/mol. The van der Waals surface area contributed by atoms with Crippen LogP contribution in [0.1, 0.15) is 22.9 Å². The van der Waals surface area contributed by atoms with Crippen LogP contribution in [-0.4, -0.2) is 25.2 Å². The Morgan fingerprint density at radius 3 is 2.87 bits per heavy atom. The van der Waals surface area contributed by atoms with Crippen molar-refractivity contribution in [3.05, 3.63) is 53.3 Å². The maximum Gasteiger partial charge on any atom is 0.433 e. The first-order chi connectivity index (χ1) is 11.0. The number of rotatable bonds is 3. The molecule has 6 heteroatoms. The van der Waals surface area contributed by atoms with Crippen LogP contribution in [0.4, 0.5) is 13.2 Å². The smallest absolute Gasteiger partial charge is 0.372 e. The fourth-order valence-electron chi connectivity index (χ4n) is 2.96. The lowest BCUT2D eigenvalue weighted by Gasteiger charge is -2.28. The molecule has 1 aliphatic rings. The van der Waals surface area contributed by atoms with E-state index >= 15 is 0 Å². The molecule has 0 saturated heterocycles. The largest absolute Gasteiger partial charge is 0.433 e. The van der Waals surface area contributed by atoms with Crippen LogP contribution < -0.4 is 5.32 Å². The van der Waals surface area contributed by atoms with Crippen LogP contribution >= 0.6 is 0 Å². The average molecular weight is 322 g/mol. The van der Waals surface area contributed by atoms with E-state index in [1.165, 1.54) is 6.20 Å². The number of halogens is 3. The molecular formula is C17H17F3N2O. The van der Waals surface area contributed by atoms with Crippen molar-refractivity contribution >= 4 is 0 Å². The molecule has 1 atom stereocenters. The number of aromatic nitrogens is 1. The van der Waals surface area contributed by atoms with Crippen molar-refractivity contribution in [1.82, 2.24) is 10.3 Å². The lowest BCUT2D eigenvalue weighted by molar-refractivity contribution is -0.141. The van der Waals surface area contributed by atoms with Crippen molar-refractivity contribution in [2.45, 2.75) is 18.7 Å². The molecule has 0 spiro atoms. The Morgan fingerprint density at radius 1 is 1.30 bits per heavy atom. The third kappa shape index (κ3) is 3.23. The molecule has 0 saturated carbocycles. The van der Waals surface area contributed by atoms with Gasteiger partial charge in [0.2, 0.25) is 0 Å². The molecule has 2 heterocycles. The molecule has 0 fully saturated rings. The summed E-state index contributed by atoms with van der Waals surface area (Å²) in [7, 11) is 1.85. The molecule has 1 unspecified atom stereocenters. The topological polar surface area (TPSA) is 34.1 Å². The zero-order valence-electron chi connectivity index (χ0n) is 12.7. The van der Waals surface area contributed by atoms with Gasteiger partial charge in [-0.2, -0.15) is 13.2 Å². The Hall–Kier alpha value is -1.92. The Morgan fingerprint density at radius 2 is 2.13 bits per heavy atom. The summed E-state index contributed by atoms with van der Waals surface area (Å²) in [6.45, 7) is 1.23. The second-order valence-corrected chi connectivity index (χ2v) is 5.47. The normalized spacial score (nSPS) is 17.8. The van der Waals surface area contributed by atoms with E-state index in [1.807, 2.05) is 25.2 Å². The highest BCUT2D eigenvalue weighted by Gasteiger charge is 2.33. The van der Waals surface area contributed by atoms with Crippen molar-refractivity contribution in [1.29, 1.82) is 0 Å². The molecule has 0 bridgehead atoms. The minimum atomic E-state index is -4.44. The van der Waals surface area contributed by atoms with Gasteiger partial charge in [-0.15, -0.1) is 0 Å². The summed E-state index contributed by atoms with van der Waals surface area (Å²) in [5.41, 5.74) is 2.58. The third-order valence-corrected chi connectivity index (χ3v) is 3.98. The fourth-order valence-corrected chi connectivity index (χ4v) is 2.96. The Labute approximate surface area is 132 Å². The number of nitrogens with one attached hydrogen (secondary N) is 1. The zero-order valence-corrected chi connectivity index (χ0v) is 12.7. The highest BCUT2D eigenvalue weighted by molar-refractivity contribution is 5.69. The molecular weight excluding hydrogens is 305 g/mol. The lowest BCUT2D eigenvalue weighted by atomic mass is 9.89. The molecule has 2 aromatic rings. The van der Waals surface area contributed by atoms with Gasteiger partial charge in [-0.25, -0.2) is 0 Å². The van der Waals surface area contributed by atoms with E-state index in [4.69, 9.17) is 4.74 Å². The van der Waals surface area contributed by atoms with Gasteiger partial charge in [0, 0.05) is 12.7 Å². The molecule has 23 heavy (non-hydrogen) atoms. The standard InChI is InChI=1S/C17H17F3N2O/c1-21-10-15-14-4-2-3-12(13(14)6-8-23-15)11-5-7-22-16(9-11)17(18,19)20/h2-5,7,9,15,21H,6,8,10H2,1H3. The van der Waals surface area contributed by atoms with Crippen molar-refractivity contribution in [2.75, 3.05) is 20.2 Å². The van der Waals surface area contributed by atoms with Crippen molar-refractivity contribution in [3.8, 4) is 11.1 Å². The number of hydrogen-bond donors (Lipinski definition) is 1. The van der Waals surface area contributed by atoms with E-state index in [9.17, 15) is 13.2 Å². The van der Waals surface area contributed by atoms with E-state index in [0.717, 1.165) is 22.8 Å². The van der Waals surface area contributed by atoms with Crippen molar-refractivity contribution in [3.63, 3.8) is 0 Å². The fraction of sp³-hybridized carbons (Fsp3) is 0.353. The summed E-state index contributed by atoms with van der Waals surface area (Å²) in [5, 5.41) is 3.08. The highest BCUT2D eigenvalue weighted by Crippen LogP contribution is 2.36. The maximum absolute atomic E-state index is 12.9. The number of likely N-dealkylation sites (N-methyl/N-ethyl adjacent to an activating group) is 1. The first-order valence-electron chi connectivity index (χ1n) is 7.42. The summed E-state index contributed by atoms with van der Waals surface area (Å²) in [5.74, 6) is 0. The molecule has 0 amide bonds. The van der Waals surface area contributed by atoms with Crippen LogP contribution in [0.25, 0.3) is 11.1 Å². The Bertz CT molecular complexity index is 700. The summed E-state index contributed by atoms with van der Waals surface area (Å²) in [6.07, 6.45) is -2.62. The van der Waals surface area contributed by atoms with Crippen LogP contribution in [0.2, 0.25) is 0 Å². The van der Waals surface area contributed by atoms with Gasteiger partial charge in [0.15, 0.2) is 0 Å². The minimum Gasteiger partial charge on any atom is -0.372 e. The molecule has 122 valence electrons. The quantitative estimate of drug-likeness (QED) is 0.937. The van der Waals surface area contributed by atoms with Gasteiger partial charge in [-0.1, -0.05) is 18.2 Å². The number of nitrogens with zero attached hydrogens (tertiary/aromatic N) is 1. The molecule has 0 aliphatic carbocycles. The summed E-state index contributed by atoms with van der Waals surface area (Å²) in [4.78, 5) is 3.43. The van der Waals surface area contributed by atoms with Crippen molar-refractivity contribution < 1.29 is 17.9 Å². The summed E-state index contributed by atoms with van der Waals surface area (Å²) < 4.78 is 44.4. The Balaban J connectivity index is 2.06. The summed E-state index contributed by atoms with van der Waals surface area (Å²) in [6, 6.07) is 8.42. The molecule has 0 radical (unpaired) electrons. The molecule has 1 aliphatic heterocycles. The van der Waals surface area contributed by atoms with Crippen molar-refractivity contribution in [2.24, 2.45) is 0 Å². The maximum atomic E-state index is 12.9. The second-order valence-electron chi connectivity index (χ2n) is 5.47. The van der Waals surface area contributed by atoms with Crippen LogP contribution in [0.15, 0.2) is 36.5 Å². The minimum absolute atomic E-state index is 0.0763.